The fourth-order valence-electron chi connectivity index (χ4n) is 2.64. The van der Waals surface area contributed by atoms with Gasteiger partial charge in [-0.2, -0.15) is 0 Å². The minimum atomic E-state index is -0.102. The molecule has 3 rings (SSSR count). The first-order valence-electron chi connectivity index (χ1n) is 6.48. The number of rotatable bonds is 2. The van der Waals surface area contributed by atoms with Crippen LogP contribution in [0.3, 0.4) is 0 Å². The van der Waals surface area contributed by atoms with E-state index in [4.69, 9.17) is 17.3 Å². The minimum absolute atomic E-state index is 0. The molecule has 4 N–H and O–H groups in total. The summed E-state index contributed by atoms with van der Waals surface area (Å²) in [6, 6.07) is 7.48. The maximum absolute atomic E-state index is 12.2. The van der Waals surface area contributed by atoms with E-state index < -0.39 is 0 Å². The molecule has 0 aliphatic heterocycles. The second-order valence-corrected chi connectivity index (χ2v) is 5.53. The Morgan fingerprint density at radius 1 is 1.35 bits per heavy atom. The minimum Gasteiger partial charge on any atom is -0.351 e. The molecule has 108 valence electrons. The molecule has 2 aromatic rings. The fraction of sp³-hybridized carbons (Fsp3) is 0.357. The molecule has 1 aromatic heterocycles. The lowest BCUT2D eigenvalue weighted by molar-refractivity contribution is 0.0930. The normalized spacial score (nSPS) is 21.7. The lowest BCUT2D eigenvalue weighted by Crippen LogP contribution is -2.44. The van der Waals surface area contributed by atoms with E-state index in [-0.39, 0.29) is 30.4 Å². The third kappa shape index (κ3) is 2.92. The average Bonchev–Trinajstić information content (AvgIpc) is 2.96. The smallest absolute Gasteiger partial charge is 0.268 e. The second-order valence-electron chi connectivity index (χ2n) is 5.09. The summed E-state index contributed by atoms with van der Waals surface area (Å²) >= 11 is 5.93. The van der Waals surface area contributed by atoms with E-state index in [1.807, 2.05) is 18.2 Å². The molecule has 1 heterocycles. The number of H-pyrrole nitrogens is 1. The highest BCUT2D eigenvalue weighted by Gasteiger charge is 2.26. The average molecular weight is 314 g/mol. The molecule has 20 heavy (non-hydrogen) atoms. The number of hydrogen-bond acceptors (Lipinski definition) is 2. The molecular formula is C14H17Cl2N3O. The highest BCUT2D eigenvalue weighted by Crippen LogP contribution is 2.21. The van der Waals surface area contributed by atoms with Gasteiger partial charge in [-0.15, -0.1) is 12.4 Å². The zero-order valence-electron chi connectivity index (χ0n) is 10.9. The molecule has 1 aliphatic carbocycles. The Morgan fingerprint density at radius 3 is 2.85 bits per heavy atom. The largest absolute Gasteiger partial charge is 0.351 e. The molecule has 0 unspecified atom stereocenters. The van der Waals surface area contributed by atoms with Crippen molar-refractivity contribution in [1.82, 2.24) is 10.3 Å². The molecule has 1 amide bonds. The van der Waals surface area contributed by atoms with E-state index in [2.05, 4.69) is 10.3 Å². The van der Waals surface area contributed by atoms with Crippen molar-refractivity contribution in [3.63, 3.8) is 0 Å². The number of amides is 1. The van der Waals surface area contributed by atoms with Gasteiger partial charge in [-0.05, 0) is 43.5 Å². The van der Waals surface area contributed by atoms with E-state index >= 15 is 0 Å². The molecule has 0 saturated heterocycles. The number of fused-ring (bicyclic) bond motifs is 1. The summed E-state index contributed by atoms with van der Waals surface area (Å²) in [4.78, 5) is 15.3. The standard InChI is InChI=1S/C14H16ClN3O.ClH/c15-9-4-5-11-8(6-9)7-13(17-11)14(19)18-12-3-1-2-10(12)16;/h4-7,10,12,17H,1-3,16H2,(H,18,19);1H/t10-,12-;/m0./s1. The molecule has 1 aliphatic rings. The van der Waals surface area contributed by atoms with Crippen LogP contribution in [-0.4, -0.2) is 23.0 Å². The number of nitrogens with two attached hydrogens (primary N) is 1. The number of aromatic nitrogens is 1. The Bertz CT molecular complexity index is 626. The number of aromatic amines is 1. The molecule has 0 bridgehead atoms. The van der Waals surface area contributed by atoms with Gasteiger partial charge in [0.05, 0.1) is 0 Å². The lowest BCUT2D eigenvalue weighted by Gasteiger charge is -2.16. The highest BCUT2D eigenvalue weighted by atomic mass is 35.5. The molecule has 1 fully saturated rings. The fourth-order valence-corrected chi connectivity index (χ4v) is 2.82. The van der Waals surface area contributed by atoms with Gasteiger partial charge in [0.2, 0.25) is 0 Å². The SMILES string of the molecule is Cl.N[C@H]1CCC[C@@H]1NC(=O)c1cc2cc(Cl)ccc2[nH]1. The Kier molecular flexibility index (Phi) is 4.58. The van der Waals surface area contributed by atoms with Gasteiger partial charge in [0, 0.05) is 28.0 Å². The van der Waals surface area contributed by atoms with Crippen LogP contribution in [-0.2, 0) is 0 Å². The van der Waals surface area contributed by atoms with Gasteiger partial charge in [0.15, 0.2) is 0 Å². The number of carbonyl (C=O) groups is 1. The summed E-state index contributed by atoms with van der Waals surface area (Å²) in [6.07, 6.45) is 3.01. The number of benzene rings is 1. The Labute approximate surface area is 128 Å². The van der Waals surface area contributed by atoms with E-state index in [1.54, 1.807) is 6.07 Å². The van der Waals surface area contributed by atoms with Crippen molar-refractivity contribution in [3.8, 4) is 0 Å². The zero-order chi connectivity index (χ0) is 13.4. The second kappa shape index (κ2) is 6.04. The van der Waals surface area contributed by atoms with E-state index in [1.165, 1.54) is 0 Å². The molecule has 0 radical (unpaired) electrons. The predicted molar refractivity (Wildman–Crippen MR) is 83.6 cm³/mol. The molecular weight excluding hydrogens is 297 g/mol. The highest BCUT2D eigenvalue weighted by molar-refractivity contribution is 6.31. The summed E-state index contributed by atoms with van der Waals surface area (Å²) in [5.41, 5.74) is 7.42. The van der Waals surface area contributed by atoms with E-state index in [9.17, 15) is 4.79 Å². The summed E-state index contributed by atoms with van der Waals surface area (Å²) in [6.45, 7) is 0. The first-order valence-corrected chi connectivity index (χ1v) is 6.86. The Morgan fingerprint density at radius 2 is 2.15 bits per heavy atom. The maximum atomic E-state index is 12.2. The first-order chi connectivity index (χ1) is 9.13. The first kappa shape index (κ1) is 15.2. The third-order valence-electron chi connectivity index (χ3n) is 3.71. The van der Waals surface area contributed by atoms with Crippen LogP contribution in [0.5, 0.6) is 0 Å². The number of hydrogen-bond donors (Lipinski definition) is 3. The van der Waals surface area contributed by atoms with Gasteiger partial charge in [-0.1, -0.05) is 11.6 Å². The number of halogens is 2. The number of carbonyl (C=O) groups excluding carboxylic acids is 1. The van der Waals surface area contributed by atoms with Gasteiger partial charge < -0.3 is 16.0 Å². The summed E-state index contributed by atoms with van der Waals surface area (Å²) in [5.74, 6) is -0.102. The third-order valence-corrected chi connectivity index (χ3v) is 3.95. The molecule has 1 aromatic carbocycles. The van der Waals surface area contributed by atoms with Crippen LogP contribution < -0.4 is 11.1 Å². The van der Waals surface area contributed by atoms with Crippen molar-refractivity contribution in [2.45, 2.75) is 31.3 Å². The molecule has 0 spiro atoms. The Hall–Kier alpha value is -1.23. The van der Waals surface area contributed by atoms with Crippen LogP contribution >= 0.6 is 24.0 Å². The van der Waals surface area contributed by atoms with Crippen molar-refractivity contribution in [1.29, 1.82) is 0 Å². The van der Waals surface area contributed by atoms with Crippen LogP contribution in [0.2, 0.25) is 5.02 Å². The van der Waals surface area contributed by atoms with Crippen molar-refractivity contribution in [3.05, 3.63) is 35.0 Å². The predicted octanol–water partition coefficient (Wildman–Crippen LogP) is 2.85. The van der Waals surface area contributed by atoms with Gasteiger partial charge in [-0.3, -0.25) is 4.79 Å². The van der Waals surface area contributed by atoms with Crippen LogP contribution in [0, 0.1) is 0 Å². The van der Waals surface area contributed by atoms with Crippen molar-refractivity contribution in [2.75, 3.05) is 0 Å². The zero-order valence-corrected chi connectivity index (χ0v) is 12.4. The van der Waals surface area contributed by atoms with Crippen LogP contribution in [0.15, 0.2) is 24.3 Å². The van der Waals surface area contributed by atoms with Crippen LogP contribution in [0.1, 0.15) is 29.8 Å². The van der Waals surface area contributed by atoms with Gasteiger partial charge in [-0.25, -0.2) is 0 Å². The van der Waals surface area contributed by atoms with Crippen LogP contribution in [0.4, 0.5) is 0 Å². The topological polar surface area (TPSA) is 70.9 Å². The van der Waals surface area contributed by atoms with Crippen molar-refractivity contribution >= 4 is 40.8 Å². The Balaban J connectivity index is 0.00000147. The maximum Gasteiger partial charge on any atom is 0.268 e. The molecule has 6 heteroatoms. The molecule has 1 saturated carbocycles. The van der Waals surface area contributed by atoms with Gasteiger partial charge >= 0.3 is 0 Å². The summed E-state index contributed by atoms with van der Waals surface area (Å²) in [7, 11) is 0. The number of nitrogens with one attached hydrogen (secondary N) is 2. The monoisotopic (exact) mass is 313 g/mol. The van der Waals surface area contributed by atoms with Crippen LogP contribution in [0.25, 0.3) is 10.9 Å². The lowest BCUT2D eigenvalue weighted by atomic mass is 10.2. The molecule has 2 atom stereocenters. The van der Waals surface area contributed by atoms with Gasteiger partial charge in [0.1, 0.15) is 5.69 Å². The van der Waals surface area contributed by atoms with Gasteiger partial charge in [0.25, 0.3) is 5.91 Å². The van der Waals surface area contributed by atoms with E-state index in [0.29, 0.717) is 10.7 Å². The van der Waals surface area contributed by atoms with Crippen molar-refractivity contribution < 1.29 is 4.79 Å². The van der Waals surface area contributed by atoms with E-state index in [0.717, 1.165) is 30.2 Å². The summed E-state index contributed by atoms with van der Waals surface area (Å²) < 4.78 is 0. The molecule has 4 nitrogen and oxygen atoms in total. The summed E-state index contributed by atoms with van der Waals surface area (Å²) in [5, 5.41) is 4.59. The van der Waals surface area contributed by atoms with Crippen molar-refractivity contribution in [2.24, 2.45) is 5.73 Å². The quantitative estimate of drug-likeness (QED) is 0.797.